The van der Waals surface area contributed by atoms with E-state index in [4.69, 9.17) is 4.74 Å². The minimum absolute atomic E-state index is 0.137. The summed E-state index contributed by atoms with van der Waals surface area (Å²) in [5.74, 6) is 0.569. The van der Waals surface area contributed by atoms with Crippen LogP contribution in [0.4, 0.5) is 5.69 Å². The third kappa shape index (κ3) is 3.63. The number of aromatic nitrogens is 2. The van der Waals surface area contributed by atoms with Crippen molar-refractivity contribution in [3.63, 3.8) is 0 Å². The van der Waals surface area contributed by atoms with Crippen LogP contribution in [0.3, 0.4) is 0 Å². The van der Waals surface area contributed by atoms with Crippen LogP contribution in [0.5, 0.6) is 5.75 Å². The molecule has 7 nitrogen and oxygen atoms in total. The van der Waals surface area contributed by atoms with Crippen molar-refractivity contribution in [3.8, 4) is 17.0 Å². The monoisotopic (exact) mass is 397 g/mol. The molecule has 0 bridgehead atoms. The number of hydrogen-bond donors (Lipinski definition) is 1. The maximum Gasteiger partial charge on any atom is 0.221 e. The number of rotatable bonds is 3. The predicted octanol–water partition coefficient (Wildman–Crippen LogP) is 2.85. The van der Waals surface area contributed by atoms with Crippen molar-refractivity contribution in [3.05, 3.63) is 59.8 Å². The molecule has 8 heteroatoms. The van der Waals surface area contributed by atoms with E-state index in [0.29, 0.717) is 30.3 Å². The molecule has 1 aliphatic heterocycles. The second kappa shape index (κ2) is 6.79. The summed E-state index contributed by atoms with van der Waals surface area (Å²) in [6.07, 6.45) is 1.19. The van der Waals surface area contributed by atoms with Crippen molar-refractivity contribution >= 4 is 21.4 Å². The maximum absolute atomic E-state index is 11.8. The number of amides is 1. The van der Waals surface area contributed by atoms with E-state index in [-0.39, 0.29) is 10.8 Å². The highest BCUT2D eigenvalue weighted by Crippen LogP contribution is 2.30. The Hall–Kier alpha value is -3.13. The molecule has 0 radical (unpaired) electrons. The molecule has 3 aromatic rings. The average molecular weight is 397 g/mol. The van der Waals surface area contributed by atoms with E-state index in [0.717, 1.165) is 16.8 Å². The predicted molar refractivity (Wildman–Crippen MR) is 105 cm³/mol. The zero-order valence-corrected chi connectivity index (χ0v) is 16.3. The number of anilines is 1. The molecule has 2 aromatic carbocycles. The molecule has 2 heterocycles. The third-order valence-electron chi connectivity index (χ3n) is 4.50. The van der Waals surface area contributed by atoms with Crippen molar-refractivity contribution in [1.29, 1.82) is 0 Å². The van der Waals surface area contributed by atoms with Gasteiger partial charge in [-0.1, -0.05) is 18.2 Å². The Morgan fingerprint density at radius 3 is 2.75 bits per heavy atom. The molecule has 1 amide bonds. The highest BCUT2D eigenvalue weighted by atomic mass is 32.2. The summed E-state index contributed by atoms with van der Waals surface area (Å²) in [4.78, 5) is 11.5. The van der Waals surface area contributed by atoms with Crippen LogP contribution in [0.1, 0.15) is 18.2 Å². The molecular weight excluding hydrogens is 378 g/mol. The van der Waals surface area contributed by atoms with Gasteiger partial charge in [-0.3, -0.25) is 9.48 Å². The fourth-order valence-corrected chi connectivity index (χ4v) is 3.82. The van der Waals surface area contributed by atoms with E-state index in [9.17, 15) is 13.2 Å². The minimum atomic E-state index is -3.28. The van der Waals surface area contributed by atoms with Gasteiger partial charge in [0.2, 0.25) is 5.91 Å². The largest absolute Gasteiger partial charge is 0.487 e. The molecule has 1 aliphatic rings. The van der Waals surface area contributed by atoms with E-state index >= 15 is 0 Å². The van der Waals surface area contributed by atoms with E-state index in [1.807, 2.05) is 28.9 Å². The Labute approximate surface area is 162 Å². The first-order chi connectivity index (χ1) is 13.3. The molecule has 1 aromatic heterocycles. The molecular formula is C20H19N3O4S. The normalized spacial score (nSPS) is 13.1. The van der Waals surface area contributed by atoms with Gasteiger partial charge in [0, 0.05) is 36.1 Å². The molecule has 4 rings (SSSR count). The van der Waals surface area contributed by atoms with Crippen LogP contribution in [0.15, 0.2) is 53.4 Å². The van der Waals surface area contributed by atoms with Crippen LogP contribution in [0.25, 0.3) is 11.3 Å². The van der Waals surface area contributed by atoms with Gasteiger partial charge >= 0.3 is 0 Å². The Balaban J connectivity index is 1.66. The molecule has 1 N–H and O–H groups in total. The van der Waals surface area contributed by atoms with Crippen molar-refractivity contribution < 1.29 is 17.9 Å². The van der Waals surface area contributed by atoms with E-state index < -0.39 is 9.84 Å². The lowest BCUT2D eigenvalue weighted by Gasteiger charge is -2.09. The Morgan fingerprint density at radius 1 is 1.18 bits per heavy atom. The lowest BCUT2D eigenvalue weighted by Crippen LogP contribution is -2.06. The first kappa shape index (κ1) is 18.2. The molecule has 0 fully saturated rings. The molecule has 0 aliphatic carbocycles. The summed E-state index contributed by atoms with van der Waals surface area (Å²) < 4.78 is 31.4. The van der Waals surface area contributed by atoms with Gasteiger partial charge in [0.1, 0.15) is 12.4 Å². The van der Waals surface area contributed by atoms with E-state index in [2.05, 4.69) is 10.4 Å². The standard InChI is InChI=1S/C20H19N3O4S/c1-13(24)21-16-7-6-15-11-23-17(12-27-20(15)9-16)10-19(22-23)14-4-3-5-18(8-14)28(2,25)26/h3-10H,11-12H2,1-2H3,(H,21,24). The summed E-state index contributed by atoms with van der Waals surface area (Å²) >= 11 is 0. The second-order valence-corrected chi connectivity index (χ2v) is 8.79. The number of fused-ring (bicyclic) bond motifs is 2. The SMILES string of the molecule is CC(=O)Nc1ccc2c(c1)OCc1cc(-c3cccc(S(C)(=O)=O)c3)nn1C2. The van der Waals surface area contributed by atoms with Crippen LogP contribution in [0.2, 0.25) is 0 Å². The van der Waals surface area contributed by atoms with Gasteiger partial charge in [0.15, 0.2) is 9.84 Å². The van der Waals surface area contributed by atoms with E-state index in [1.165, 1.54) is 13.2 Å². The first-order valence-corrected chi connectivity index (χ1v) is 10.6. The summed E-state index contributed by atoms with van der Waals surface area (Å²) in [7, 11) is -3.28. The lowest BCUT2D eigenvalue weighted by atomic mass is 10.1. The van der Waals surface area contributed by atoms with Crippen molar-refractivity contribution in [2.24, 2.45) is 0 Å². The summed E-state index contributed by atoms with van der Waals surface area (Å²) in [6.45, 7) is 2.31. The number of carbonyl (C=O) groups excluding carboxylic acids is 1. The summed E-state index contributed by atoms with van der Waals surface area (Å²) in [6, 6.07) is 14.2. The molecule has 0 saturated carbocycles. The van der Waals surface area contributed by atoms with Gasteiger partial charge in [-0.2, -0.15) is 5.10 Å². The Kier molecular flexibility index (Phi) is 4.43. The number of ether oxygens (including phenoxy) is 1. The lowest BCUT2D eigenvalue weighted by molar-refractivity contribution is -0.114. The van der Waals surface area contributed by atoms with Crippen LogP contribution < -0.4 is 10.1 Å². The quantitative estimate of drug-likeness (QED) is 0.734. The second-order valence-electron chi connectivity index (χ2n) is 6.77. The van der Waals surface area contributed by atoms with Gasteiger partial charge in [-0.25, -0.2) is 8.42 Å². The maximum atomic E-state index is 11.8. The van der Waals surface area contributed by atoms with Gasteiger partial charge in [-0.15, -0.1) is 0 Å². The van der Waals surface area contributed by atoms with Gasteiger partial charge in [0.05, 0.1) is 22.8 Å². The van der Waals surface area contributed by atoms with Crippen molar-refractivity contribution in [1.82, 2.24) is 9.78 Å². The molecule has 144 valence electrons. The molecule has 0 atom stereocenters. The number of nitrogens with zero attached hydrogens (tertiary/aromatic N) is 2. The van der Waals surface area contributed by atoms with E-state index in [1.54, 1.807) is 24.3 Å². The number of carbonyl (C=O) groups is 1. The molecule has 28 heavy (non-hydrogen) atoms. The molecule has 0 unspecified atom stereocenters. The zero-order chi connectivity index (χ0) is 19.9. The summed E-state index contributed by atoms with van der Waals surface area (Å²) in [5, 5.41) is 7.39. The fourth-order valence-electron chi connectivity index (χ4n) is 3.15. The van der Waals surface area contributed by atoms with Crippen LogP contribution in [-0.2, 0) is 27.8 Å². The number of benzene rings is 2. The van der Waals surface area contributed by atoms with Crippen LogP contribution in [0, 0.1) is 0 Å². The van der Waals surface area contributed by atoms with Crippen molar-refractivity contribution in [2.45, 2.75) is 25.0 Å². The van der Waals surface area contributed by atoms with Gasteiger partial charge in [0.25, 0.3) is 0 Å². The first-order valence-electron chi connectivity index (χ1n) is 8.70. The Bertz CT molecular complexity index is 1180. The van der Waals surface area contributed by atoms with Crippen LogP contribution in [-0.4, -0.2) is 30.4 Å². The zero-order valence-electron chi connectivity index (χ0n) is 15.5. The smallest absolute Gasteiger partial charge is 0.221 e. The van der Waals surface area contributed by atoms with Crippen molar-refractivity contribution in [2.75, 3.05) is 11.6 Å². The number of nitrogens with one attached hydrogen (secondary N) is 1. The van der Waals surface area contributed by atoms with Crippen LogP contribution >= 0.6 is 0 Å². The minimum Gasteiger partial charge on any atom is -0.487 e. The third-order valence-corrected chi connectivity index (χ3v) is 5.61. The van der Waals surface area contributed by atoms with Gasteiger partial charge < -0.3 is 10.1 Å². The topological polar surface area (TPSA) is 90.3 Å². The molecule has 0 saturated heterocycles. The highest BCUT2D eigenvalue weighted by Gasteiger charge is 2.18. The fraction of sp³-hybridized carbons (Fsp3) is 0.200. The number of sulfone groups is 1. The molecule has 0 spiro atoms. The van der Waals surface area contributed by atoms with Gasteiger partial charge in [-0.05, 0) is 24.3 Å². The number of hydrogen-bond acceptors (Lipinski definition) is 5. The Morgan fingerprint density at radius 2 is 2.00 bits per heavy atom. The summed E-state index contributed by atoms with van der Waals surface area (Å²) in [5.41, 5.74) is 3.96. The highest BCUT2D eigenvalue weighted by molar-refractivity contribution is 7.90. The average Bonchev–Trinajstić information content (AvgIpc) is 2.96.